The van der Waals surface area contributed by atoms with Crippen molar-refractivity contribution < 1.29 is 0 Å². The molecule has 1 aromatic heterocycles. The topological polar surface area (TPSA) is 37.0 Å². The molecule has 3 nitrogen and oxygen atoms in total. The molecule has 0 aliphatic carbocycles. The van der Waals surface area contributed by atoms with E-state index in [-0.39, 0.29) is 0 Å². The van der Waals surface area contributed by atoms with Crippen LogP contribution in [-0.4, -0.2) is 11.5 Å². The van der Waals surface area contributed by atoms with Gasteiger partial charge in [0.1, 0.15) is 5.82 Å². The summed E-state index contributed by atoms with van der Waals surface area (Å²) in [6.07, 6.45) is 1.82. The van der Waals surface area contributed by atoms with Gasteiger partial charge in [-0.15, -0.1) is 0 Å². The molecule has 0 amide bonds. The Morgan fingerprint density at radius 3 is 2.68 bits per heavy atom. The highest BCUT2D eigenvalue weighted by atomic mass is 15.0. The molecule has 2 rings (SSSR count). The second-order valence-electron chi connectivity index (χ2n) is 4.83. The average Bonchev–Trinajstić information content (AvgIpc) is 2.40. The minimum absolute atomic E-state index is 0.499. The first-order valence-corrected chi connectivity index (χ1v) is 6.76. The molecule has 0 atom stereocenters. The van der Waals surface area contributed by atoms with Crippen LogP contribution >= 0.6 is 0 Å². The standard InChI is InChI=1S/C16H21N3/c1-4-17-16-11-13(9-10-18-16)19-15-8-6-5-7-14(15)12(2)3/h5-12H,4H2,1-3H3,(H2,17,18,19). The molecule has 1 aromatic carbocycles. The van der Waals surface area contributed by atoms with Crippen molar-refractivity contribution >= 4 is 17.2 Å². The van der Waals surface area contributed by atoms with E-state index in [1.54, 1.807) is 0 Å². The third-order valence-corrected chi connectivity index (χ3v) is 2.98. The van der Waals surface area contributed by atoms with Gasteiger partial charge < -0.3 is 10.6 Å². The van der Waals surface area contributed by atoms with Gasteiger partial charge in [0.15, 0.2) is 0 Å². The van der Waals surface area contributed by atoms with Crippen LogP contribution in [0.15, 0.2) is 42.6 Å². The van der Waals surface area contributed by atoms with E-state index in [2.05, 4.69) is 60.7 Å². The summed E-state index contributed by atoms with van der Waals surface area (Å²) in [7, 11) is 0. The fourth-order valence-corrected chi connectivity index (χ4v) is 2.06. The van der Waals surface area contributed by atoms with Crippen molar-refractivity contribution in [2.75, 3.05) is 17.2 Å². The Morgan fingerprint density at radius 2 is 1.95 bits per heavy atom. The molecule has 0 spiro atoms. The maximum Gasteiger partial charge on any atom is 0.127 e. The maximum absolute atomic E-state index is 4.28. The Labute approximate surface area is 115 Å². The summed E-state index contributed by atoms with van der Waals surface area (Å²) in [4.78, 5) is 4.28. The van der Waals surface area contributed by atoms with E-state index < -0.39 is 0 Å². The van der Waals surface area contributed by atoms with E-state index >= 15 is 0 Å². The van der Waals surface area contributed by atoms with Crippen molar-refractivity contribution in [3.8, 4) is 0 Å². The minimum Gasteiger partial charge on any atom is -0.370 e. The normalized spacial score (nSPS) is 10.5. The zero-order chi connectivity index (χ0) is 13.7. The summed E-state index contributed by atoms with van der Waals surface area (Å²) in [5.41, 5.74) is 3.54. The van der Waals surface area contributed by atoms with Crippen molar-refractivity contribution in [1.29, 1.82) is 0 Å². The molecule has 0 aliphatic rings. The van der Waals surface area contributed by atoms with Gasteiger partial charge in [0, 0.05) is 30.2 Å². The number of nitrogens with zero attached hydrogens (tertiary/aromatic N) is 1. The van der Waals surface area contributed by atoms with E-state index in [1.165, 1.54) is 5.56 Å². The van der Waals surface area contributed by atoms with E-state index in [0.717, 1.165) is 23.7 Å². The number of anilines is 3. The number of rotatable bonds is 5. The first-order valence-electron chi connectivity index (χ1n) is 6.76. The van der Waals surface area contributed by atoms with E-state index in [1.807, 2.05) is 18.3 Å². The highest BCUT2D eigenvalue weighted by Crippen LogP contribution is 2.27. The molecule has 1 heterocycles. The predicted octanol–water partition coefficient (Wildman–Crippen LogP) is 4.38. The molecular weight excluding hydrogens is 234 g/mol. The number of para-hydroxylation sites is 1. The zero-order valence-electron chi connectivity index (χ0n) is 11.8. The SMILES string of the molecule is CCNc1cc(Nc2ccccc2C(C)C)ccn1. The quantitative estimate of drug-likeness (QED) is 0.832. The summed E-state index contributed by atoms with van der Waals surface area (Å²) in [6, 6.07) is 12.4. The summed E-state index contributed by atoms with van der Waals surface area (Å²) >= 11 is 0. The monoisotopic (exact) mass is 255 g/mol. The van der Waals surface area contributed by atoms with Crippen molar-refractivity contribution in [3.05, 3.63) is 48.2 Å². The first kappa shape index (κ1) is 13.4. The smallest absolute Gasteiger partial charge is 0.127 e. The highest BCUT2D eigenvalue weighted by molar-refractivity contribution is 5.65. The lowest BCUT2D eigenvalue weighted by molar-refractivity contribution is 0.869. The van der Waals surface area contributed by atoms with Crippen LogP contribution < -0.4 is 10.6 Å². The van der Waals surface area contributed by atoms with Crippen molar-refractivity contribution in [2.45, 2.75) is 26.7 Å². The number of aromatic nitrogens is 1. The van der Waals surface area contributed by atoms with Gasteiger partial charge in [0.2, 0.25) is 0 Å². The summed E-state index contributed by atoms with van der Waals surface area (Å²) in [5, 5.41) is 6.69. The number of pyridine rings is 1. The van der Waals surface area contributed by atoms with Crippen LogP contribution in [0, 0.1) is 0 Å². The van der Waals surface area contributed by atoms with Gasteiger partial charge in [-0.05, 0) is 30.5 Å². The molecule has 0 aliphatic heterocycles. The Morgan fingerprint density at radius 1 is 1.16 bits per heavy atom. The Kier molecular flexibility index (Phi) is 4.39. The van der Waals surface area contributed by atoms with E-state index in [9.17, 15) is 0 Å². The van der Waals surface area contributed by atoms with Gasteiger partial charge in [-0.3, -0.25) is 0 Å². The van der Waals surface area contributed by atoms with Crippen LogP contribution in [-0.2, 0) is 0 Å². The average molecular weight is 255 g/mol. The Bertz CT molecular complexity index is 535. The second kappa shape index (κ2) is 6.23. The largest absolute Gasteiger partial charge is 0.370 e. The van der Waals surface area contributed by atoms with Gasteiger partial charge in [-0.25, -0.2) is 4.98 Å². The first-order chi connectivity index (χ1) is 9.20. The maximum atomic E-state index is 4.28. The van der Waals surface area contributed by atoms with Gasteiger partial charge in [0.25, 0.3) is 0 Å². The number of benzene rings is 1. The lowest BCUT2D eigenvalue weighted by Gasteiger charge is -2.15. The summed E-state index contributed by atoms with van der Waals surface area (Å²) < 4.78 is 0. The Balaban J connectivity index is 2.23. The van der Waals surface area contributed by atoms with Gasteiger partial charge in [-0.1, -0.05) is 32.0 Å². The van der Waals surface area contributed by atoms with Crippen LogP contribution in [0.3, 0.4) is 0 Å². The summed E-state index contributed by atoms with van der Waals surface area (Å²) in [5.74, 6) is 1.40. The van der Waals surface area contributed by atoms with Gasteiger partial charge in [-0.2, -0.15) is 0 Å². The number of hydrogen-bond acceptors (Lipinski definition) is 3. The van der Waals surface area contributed by atoms with Crippen molar-refractivity contribution in [1.82, 2.24) is 4.98 Å². The fourth-order valence-electron chi connectivity index (χ4n) is 2.06. The third kappa shape index (κ3) is 3.47. The lowest BCUT2D eigenvalue weighted by atomic mass is 10.0. The van der Waals surface area contributed by atoms with Crippen molar-refractivity contribution in [3.63, 3.8) is 0 Å². The van der Waals surface area contributed by atoms with Crippen LogP contribution in [0.5, 0.6) is 0 Å². The van der Waals surface area contributed by atoms with Crippen LogP contribution in [0.25, 0.3) is 0 Å². The molecule has 0 bridgehead atoms. The summed E-state index contributed by atoms with van der Waals surface area (Å²) in [6.45, 7) is 7.35. The second-order valence-corrected chi connectivity index (χ2v) is 4.83. The van der Waals surface area contributed by atoms with Crippen LogP contribution in [0.1, 0.15) is 32.3 Å². The van der Waals surface area contributed by atoms with E-state index in [0.29, 0.717) is 5.92 Å². The molecular formula is C16H21N3. The van der Waals surface area contributed by atoms with Crippen LogP contribution in [0.4, 0.5) is 17.2 Å². The Hall–Kier alpha value is -2.03. The minimum atomic E-state index is 0.499. The molecule has 0 fully saturated rings. The predicted molar refractivity (Wildman–Crippen MR) is 82.2 cm³/mol. The molecule has 0 saturated heterocycles. The van der Waals surface area contributed by atoms with Gasteiger partial charge >= 0.3 is 0 Å². The van der Waals surface area contributed by atoms with Crippen LogP contribution in [0.2, 0.25) is 0 Å². The third-order valence-electron chi connectivity index (χ3n) is 2.98. The highest BCUT2D eigenvalue weighted by Gasteiger charge is 2.06. The molecule has 2 N–H and O–H groups in total. The molecule has 100 valence electrons. The fraction of sp³-hybridized carbons (Fsp3) is 0.312. The zero-order valence-corrected chi connectivity index (χ0v) is 11.8. The molecule has 3 heteroatoms. The van der Waals surface area contributed by atoms with E-state index in [4.69, 9.17) is 0 Å². The number of nitrogens with one attached hydrogen (secondary N) is 2. The molecule has 0 saturated carbocycles. The number of hydrogen-bond donors (Lipinski definition) is 2. The molecule has 2 aromatic rings. The molecule has 0 unspecified atom stereocenters. The molecule has 0 radical (unpaired) electrons. The molecule has 19 heavy (non-hydrogen) atoms. The van der Waals surface area contributed by atoms with Gasteiger partial charge in [0.05, 0.1) is 0 Å². The van der Waals surface area contributed by atoms with Crippen molar-refractivity contribution in [2.24, 2.45) is 0 Å². The lowest BCUT2D eigenvalue weighted by Crippen LogP contribution is -2.01.